The van der Waals surface area contributed by atoms with E-state index in [1.807, 2.05) is 34.6 Å². The second-order valence-corrected chi connectivity index (χ2v) is 29.8. The molecule has 15 amide bonds. The number of unbranched alkanes of at least 4 members (excludes halogenated alkanes) is 3. The molecule has 0 aliphatic heterocycles. The summed E-state index contributed by atoms with van der Waals surface area (Å²) in [7, 11) is 0. The van der Waals surface area contributed by atoms with Crippen molar-refractivity contribution in [2.24, 2.45) is 58.1 Å². The summed E-state index contributed by atoms with van der Waals surface area (Å²) in [5, 5.41) is 34.8. The van der Waals surface area contributed by atoms with Gasteiger partial charge in [-0.05, 0) is 165 Å². The van der Waals surface area contributed by atoms with Crippen molar-refractivity contribution < 1.29 is 71.9 Å². The van der Waals surface area contributed by atoms with E-state index >= 15 is 0 Å². The molecule has 0 aliphatic carbocycles. The molecule has 36 heteroatoms. The Morgan fingerprint density at radius 2 is 0.826 bits per heavy atom. The predicted octanol–water partition coefficient (Wildman–Crippen LogP) is -2.28. The molecule has 0 aliphatic rings. The van der Waals surface area contributed by atoms with Gasteiger partial charge in [-0.25, -0.2) is 0 Å². The van der Waals surface area contributed by atoms with Gasteiger partial charge in [-0.2, -0.15) is 11.8 Å². The minimum atomic E-state index is -1.54. The molecule has 26 N–H and O–H groups in total. The molecule has 35 nitrogen and oxygen atoms in total. The van der Waals surface area contributed by atoms with Gasteiger partial charge < -0.3 is 109 Å². The zero-order valence-corrected chi connectivity index (χ0v) is 66.4. The molecule has 109 heavy (non-hydrogen) atoms. The van der Waals surface area contributed by atoms with E-state index in [1.165, 1.54) is 32.5 Å². The number of fused-ring (bicyclic) bond motifs is 1. The lowest BCUT2D eigenvalue weighted by Crippen LogP contribution is -2.60. The van der Waals surface area contributed by atoms with Crippen LogP contribution in [-0.2, 0) is 78.3 Å². The SMILES string of the molecule is CC[C@H](C)C(NC(=O)CNC(=O)[C@H](CCCCN)NC(=O)[C@H](Cc1c[nH]c2ccccc12)NC(=O)[C@H](CC(N)=O)NC(=O)[C@@H](N)[C@@H](C)CC)C(=O)N[C@@H](C)C(=O)N[C@@H](C)C(=O)N[C@@H](CCSC)C(=O)N[C@@H](C)C(=O)N[C@@H](CCCCN)C(=O)N[C@@H](CCCCN)C(=O)N[C@@H](CC(C)C)C(=O)N[C@@H](CC(C)C)C(N)=O. The Morgan fingerprint density at radius 3 is 1.31 bits per heavy atom. The number of hydrogen-bond acceptors (Lipinski definition) is 20. The van der Waals surface area contributed by atoms with Crippen molar-refractivity contribution in [2.75, 3.05) is 38.2 Å². The molecule has 614 valence electrons. The van der Waals surface area contributed by atoms with Crippen molar-refractivity contribution in [3.8, 4) is 0 Å². The van der Waals surface area contributed by atoms with Crippen molar-refractivity contribution >= 4 is 111 Å². The van der Waals surface area contributed by atoms with Crippen molar-refractivity contribution in [1.82, 2.24) is 74.1 Å². The highest BCUT2D eigenvalue weighted by molar-refractivity contribution is 7.98. The highest BCUT2D eigenvalue weighted by Crippen LogP contribution is 2.21. The Bertz CT molecular complexity index is 3320. The minimum absolute atomic E-state index is 0.00671. The van der Waals surface area contributed by atoms with Crippen LogP contribution in [0.5, 0.6) is 0 Å². The van der Waals surface area contributed by atoms with Crippen LogP contribution in [0.25, 0.3) is 10.9 Å². The zero-order valence-electron chi connectivity index (χ0n) is 65.5. The number of para-hydroxylation sites is 1. The van der Waals surface area contributed by atoms with Crippen LogP contribution in [0, 0.1) is 23.7 Å². The van der Waals surface area contributed by atoms with Crippen LogP contribution >= 0.6 is 11.8 Å². The van der Waals surface area contributed by atoms with E-state index in [2.05, 4.69) is 74.1 Å². The lowest BCUT2D eigenvalue weighted by molar-refractivity contribution is -0.136. The summed E-state index contributed by atoms with van der Waals surface area (Å²) in [6, 6.07) is -9.15. The summed E-state index contributed by atoms with van der Waals surface area (Å²) in [5.41, 5.74) is 35.9. The van der Waals surface area contributed by atoms with E-state index in [1.54, 1.807) is 57.5 Å². The topological polar surface area (TPSA) is 584 Å². The highest BCUT2D eigenvalue weighted by atomic mass is 32.2. The third-order valence-electron chi connectivity index (χ3n) is 18.5. The molecule has 1 unspecified atom stereocenters. The zero-order chi connectivity index (χ0) is 82.2. The van der Waals surface area contributed by atoms with Crippen LogP contribution in [0.2, 0.25) is 0 Å². The van der Waals surface area contributed by atoms with Gasteiger partial charge in [0.1, 0.15) is 72.5 Å². The average Bonchev–Trinajstić information content (AvgIpc) is 1.69. The summed E-state index contributed by atoms with van der Waals surface area (Å²) in [6.45, 7) is 18.5. The fraction of sp³-hybridized carbons (Fsp3) is 0.685. The molecule has 0 saturated heterocycles. The van der Waals surface area contributed by atoms with E-state index in [0.29, 0.717) is 68.1 Å². The summed E-state index contributed by atoms with van der Waals surface area (Å²) in [6.07, 6.45) is 6.72. The molecule has 0 radical (unpaired) electrons. The van der Waals surface area contributed by atoms with E-state index < -0.39 is 186 Å². The molecule has 1 aromatic carbocycles. The number of benzene rings is 1. The largest absolute Gasteiger partial charge is 0.370 e. The number of aromatic nitrogens is 1. The minimum Gasteiger partial charge on any atom is -0.370 e. The Hall–Kier alpha value is -9.00. The van der Waals surface area contributed by atoms with Crippen LogP contribution in [-0.4, -0.2) is 210 Å². The van der Waals surface area contributed by atoms with Gasteiger partial charge in [0.25, 0.3) is 0 Å². The first-order valence-corrected chi connectivity index (χ1v) is 39.2. The fourth-order valence-corrected chi connectivity index (χ4v) is 11.9. The molecular formula is C73H126N20O15S. The molecule has 2 rings (SSSR count). The Morgan fingerprint density at radius 1 is 0.431 bits per heavy atom. The fourth-order valence-electron chi connectivity index (χ4n) is 11.5. The Kier molecular flexibility index (Phi) is 44.7. The van der Waals surface area contributed by atoms with Gasteiger partial charge in [0.05, 0.1) is 19.0 Å². The number of nitrogens with two attached hydrogens (primary N) is 6. The van der Waals surface area contributed by atoms with Crippen molar-refractivity contribution in [3.63, 3.8) is 0 Å². The third-order valence-corrected chi connectivity index (χ3v) is 19.2. The second-order valence-electron chi connectivity index (χ2n) is 28.8. The van der Waals surface area contributed by atoms with Gasteiger partial charge in [-0.1, -0.05) is 86.4 Å². The highest BCUT2D eigenvalue weighted by Gasteiger charge is 2.37. The number of primary amides is 2. The van der Waals surface area contributed by atoms with E-state index in [0.717, 1.165) is 5.52 Å². The molecule has 0 fully saturated rings. The van der Waals surface area contributed by atoms with Crippen LogP contribution in [0.15, 0.2) is 30.5 Å². The molecule has 15 atom stereocenters. The summed E-state index contributed by atoms with van der Waals surface area (Å²) in [4.78, 5) is 208. The monoisotopic (exact) mass is 1550 g/mol. The quantitative estimate of drug-likeness (QED) is 0.0310. The maximum absolute atomic E-state index is 14.5. The number of aromatic amines is 1. The lowest BCUT2D eigenvalue weighted by atomic mass is 9.98. The van der Waals surface area contributed by atoms with Gasteiger partial charge in [-0.15, -0.1) is 0 Å². The van der Waals surface area contributed by atoms with Gasteiger partial charge in [-0.3, -0.25) is 71.9 Å². The molecule has 1 heterocycles. The first-order chi connectivity index (χ1) is 51.5. The smallest absolute Gasteiger partial charge is 0.243 e. The molecule has 1 aromatic heterocycles. The van der Waals surface area contributed by atoms with Crippen molar-refractivity contribution in [1.29, 1.82) is 0 Å². The third kappa shape index (κ3) is 35.1. The average molecular weight is 1560 g/mol. The standard InChI is InChI=1S/C73H126N20O15S/c1-13-41(7)59(78)72(107)92-56(36-57(77)94)71(106)91-55(35-46-37-80-48-24-16-15-23-47(46)48)70(105)87-49(25-17-20-29-74)65(100)81-38-58(95)93-60(42(8)14-2)73(108)84-43(9)62(97)82-44(10)63(98)86-52(28-32-109-12)66(101)83-45(11)64(99)85-50(26-18-21-30-75)67(102)88-51(27-19-22-31-76)68(103)90-54(34-40(5)6)69(104)89-53(61(79)96)33-39(3)4/h15-16,23-24,37,39-45,49-56,59-60,80H,13-14,17-22,25-36,38,74-76,78H2,1-12H3,(H2,77,94)(H2,79,96)(H,81,100)(H,82,97)(H,83,101)(H,84,108)(H,85,99)(H,86,98)(H,87,105)(H,88,102)(H,89,104)(H,90,103)(H,91,106)(H,92,107)(H,93,95)/t41-,42-,43-,44-,45-,49-,50-,51-,52-,53-,54-,55-,56-,59-,60?/m0/s1. The molecule has 0 spiro atoms. The maximum atomic E-state index is 14.5. The predicted molar refractivity (Wildman–Crippen MR) is 416 cm³/mol. The molecule has 0 bridgehead atoms. The number of H-pyrrole nitrogens is 1. The van der Waals surface area contributed by atoms with Gasteiger partial charge in [0, 0.05) is 23.5 Å². The number of hydrogen-bond donors (Lipinski definition) is 20. The normalized spacial score (nSPS) is 15.5. The first-order valence-electron chi connectivity index (χ1n) is 37.9. The van der Waals surface area contributed by atoms with E-state index in [4.69, 9.17) is 34.4 Å². The van der Waals surface area contributed by atoms with Gasteiger partial charge >= 0.3 is 0 Å². The van der Waals surface area contributed by atoms with Crippen LogP contribution in [0.1, 0.15) is 178 Å². The Labute approximate surface area is 644 Å². The number of thioether (sulfide) groups is 1. The second kappa shape index (κ2) is 50.7. The number of amides is 15. The molecule has 2 aromatic rings. The Balaban J connectivity index is 2.25. The van der Waals surface area contributed by atoms with Crippen LogP contribution < -0.4 is 104 Å². The lowest BCUT2D eigenvalue weighted by Gasteiger charge is -2.28. The summed E-state index contributed by atoms with van der Waals surface area (Å²) < 4.78 is 0. The van der Waals surface area contributed by atoms with Gasteiger partial charge in [0.2, 0.25) is 88.6 Å². The van der Waals surface area contributed by atoms with Crippen LogP contribution in [0.3, 0.4) is 0 Å². The van der Waals surface area contributed by atoms with Gasteiger partial charge in [0.15, 0.2) is 0 Å². The van der Waals surface area contributed by atoms with Crippen molar-refractivity contribution in [2.45, 2.75) is 257 Å². The van der Waals surface area contributed by atoms with Crippen molar-refractivity contribution in [3.05, 3.63) is 36.0 Å². The first kappa shape index (κ1) is 96.1. The number of nitrogens with one attached hydrogen (secondary N) is 14. The summed E-state index contributed by atoms with van der Waals surface area (Å²) in [5.74, 6) is -12.5. The van der Waals surface area contributed by atoms with E-state index in [-0.39, 0.29) is 82.3 Å². The van der Waals surface area contributed by atoms with Crippen LogP contribution in [0.4, 0.5) is 0 Å². The molecular weight excluding hydrogens is 1430 g/mol. The summed E-state index contributed by atoms with van der Waals surface area (Å²) >= 11 is 1.36. The number of carbonyl (C=O) groups excluding carboxylic acids is 15. The number of rotatable bonds is 54. The maximum Gasteiger partial charge on any atom is 0.243 e. The number of carbonyl (C=O) groups is 15. The molecule has 0 saturated carbocycles. The van der Waals surface area contributed by atoms with E-state index in [9.17, 15) is 71.9 Å².